The van der Waals surface area contributed by atoms with Gasteiger partial charge in [-0.05, 0) is 25.3 Å². The highest BCUT2D eigenvalue weighted by Gasteiger charge is 2.42. The Hall–Kier alpha value is -0.450. The Bertz CT molecular complexity index is 383. The van der Waals surface area contributed by atoms with Gasteiger partial charge in [-0.1, -0.05) is 0 Å². The van der Waals surface area contributed by atoms with Crippen LogP contribution in [0, 0.1) is 5.92 Å². The second-order valence-electron chi connectivity index (χ2n) is 4.47. The molecule has 0 aliphatic carbocycles. The van der Waals surface area contributed by atoms with Crippen LogP contribution in [0.1, 0.15) is 12.8 Å². The van der Waals surface area contributed by atoms with Gasteiger partial charge in [0.05, 0.1) is 6.54 Å². The van der Waals surface area contributed by atoms with Crippen LogP contribution in [-0.2, 0) is 10.2 Å². The van der Waals surface area contributed by atoms with E-state index in [0.29, 0.717) is 19.4 Å². The molecule has 0 aromatic rings. The average molecular weight is 307 g/mol. The maximum atomic E-state index is 12.6. The van der Waals surface area contributed by atoms with E-state index in [1.807, 2.05) is 0 Å². The second kappa shape index (κ2) is 6.33. The highest BCUT2D eigenvalue weighted by atomic mass is 32.2. The molecule has 1 fully saturated rings. The predicted octanol–water partition coefficient (Wildman–Crippen LogP) is 0.392. The molecule has 19 heavy (non-hydrogen) atoms. The molecular weight excluding hydrogens is 290 g/mol. The molecule has 1 rings (SSSR count). The zero-order valence-corrected chi connectivity index (χ0v) is 11.0. The predicted molar refractivity (Wildman–Crippen MR) is 61.2 cm³/mol. The summed E-state index contributed by atoms with van der Waals surface area (Å²) in [6.07, 6.45) is -2.84. The van der Waals surface area contributed by atoms with Crippen LogP contribution >= 0.6 is 0 Å². The third kappa shape index (κ3) is 4.55. The molecule has 0 aromatic carbocycles. The molecule has 1 aliphatic rings. The molecule has 1 heterocycles. The van der Waals surface area contributed by atoms with Gasteiger partial charge in [-0.15, -0.1) is 0 Å². The minimum Gasteiger partial charge on any atom is -0.330 e. The quantitative estimate of drug-likeness (QED) is 0.697. The van der Waals surface area contributed by atoms with Crippen LogP contribution in [0.2, 0.25) is 0 Å². The number of piperidine rings is 1. The molecule has 1 aliphatic heterocycles. The summed E-state index contributed by atoms with van der Waals surface area (Å²) in [6, 6.07) is 0. The lowest BCUT2D eigenvalue weighted by Crippen LogP contribution is -2.49. The van der Waals surface area contributed by atoms with Gasteiger partial charge in [0.15, 0.2) is 0 Å². The van der Waals surface area contributed by atoms with Crippen molar-refractivity contribution < 1.29 is 26.0 Å². The first-order chi connectivity index (χ1) is 8.69. The SMILES string of the molecule is NCC1CCN(S(=O)(=O)NCC(F)(F)C(F)F)CC1. The highest BCUT2D eigenvalue weighted by Crippen LogP contribution is 2.23. The van der Waals surface area contributed by atoms with Crippen molar-refractivity contribution in [3.05, 3.63) is 0 Å². The van der Waals surface area contributed by atoms with Crippen molar-refractivity contribution in [2.45, 2.75) is 25.2 Å². The van der Waals surface area contributed by atoms with Crippen molar-refractivity contribution in [3.8, 4) is 0 Å². The zero-order chi connectivity index (χ0) is 14.7. The topological polar surface area (TPSA) is 75.4 Å². The van der Waals surface area contributed by atoms with Gasteiger partial charge in [-0.2, -0.15) is 26.2 Å². The molecule has 10 heteroatoms. The van der Waals surface area contributed by atoms with Crippen molar-refractivity contribution in [3.63, 3.8) is 0 Å². The van der Waals surface area contributed by atoms with Gasteiger partial charge < -0.3 is 5.73 Å². The van der Waals surface area contributed by atoms with E-state index in [1.165, 1.54) is 4.72 Å². The molecule has 0 amide bonds. The number of hydrogen-bond donors (Lipinski definition) is 2. The summed E-state index contributed by atoms with van der Waals surface area (Å²) in [4.78, 5) is 0. The lowest BCUT2D eigenvalue weighted by Gasteiger charge is -2.30. The standard InChI is InChI=1S/C9H17F4N3O2S/c10-8(11)9(12,13)6-15-19(17,18)16-3-1-7(5-14)2-4-16/h7-8,15H,1-6,14H2. The van der Waals surface area contributed by atoms with E-state index in [9.17, 15) is 26.0 Å². The van der Waals surface area contributed by atoms with E-state index in [1.54, 1.807) is 0 Å². The summed E-state index contributed by atoms with van der Waals surface area (Å²) in [7, 11) is -4.15. The molecule has 3 N–H and O–H groups in total. The molecule has 0 unspecified atom stereocenters. The van der Waals surface area contributed by atoms with Crippen LogP contribution in [0.5, 0.6) is 0 Å². The molecule has 0 aromatic heterocycles. The Morgan fingerprint density at radius 1 is 1.32 bits per heavy atom. The molecule has 0 saturated carbocycles. The number of nitrogens with two attached hydrogens (primary N) is 1. The van der Waals surface area contributed by atoms with Gasteiger partial charge in [0, 0.05) is 13.1 Å². The van der Waals surface area contributed by atoms with E-state index < -0.39 is 29.1 Å². The van der Waals surface area contributed by atoms with E-state index in [0.717, 1.165) is 4.31 Å². The average Bonchev–Trinajstić information content (AvgIpc) is 2.36. The van der Waals surface area contributed by atoms with Crippen molar-refractivity contribution in [1.82, 2.24) is 9.03 Å². The lowest BCUT2D eigenvalue weighted by atomic mass is 9.99. The first kappa shape index (κ1) is 16.6. The summed E-state index contributed by atoms with van der Waals surface area (Å²) in [5.74, 6) is -4.17. The first-order valence-electron chi connectivity index (χ1n) is 5.80. The maximum absolute atomic E-state index is 12.6. The van der Waals surface area contributed by atoms with Crippen molar-refractivity contribution in [2.75, 3.05) is 26.2 Å². The van der Waals surface area contributed by atoms with Crippen LogP contribution < -0.4 is 10.5 Å². The van der Waals surface area contributed by atoms with Crippen LogP contribution in [0.3, 0.4) is 0 Å². The summed E-state index contributed by atoms with van der Waals surface area (Å²) in [5.41, 5.74) is 5.44. The molecule has 0 spiro atoms. The monoisotopic (exact) mass is 307 g/mol. The normalized spacial score (nSPS) is 20.1. The van der Waals surface area contributed by atoms with Crippen LogP contribution in [0.4, 0.5) is 17.6 Å². The summed E-state index contributed by atoms with van der Waals surface area (Å²) in [5, 5.41) is 0. The van der Waals surface area contributed by atoms with Crippen molar-refractivity contribution >= 4 is 10.2 Å². The van der Waals surface area contributed by atoms with Gasteiger partial charge in [-0.3, -0.25) is 0 Å². The summed E-state index contributed by atoms with van der Waals surface area (Å²) in [6.45, 7) is -0.872. The fourth-order valence-corrected chi connectivity index (χ4v) is 2.99. The number of hydrogen-bond acceptors (Lipinski definition) is 3. The fraction of sp³-hybridized carbons (Fsp3) is 1.00. The van der Waals surface area contributed by atoms with E-state index in [-0.39, 0.29) is 19.0 Å². The summed E-state index contributed by atoms with van der Waals surface area (Å²) >= 11 is 0. The molecule has 114 valence electrons. The Labute approximate surface area is 109 Å². The Kier molecular flexibility index (Phi) is 5.53. The molecule has 0 bridgehead atoms. The Morgan fingerprint density at radius 3 is 2.26 bits per heavy atom. The fourth-order valence-electron chi connectivity index (χ4n) is 1.74. The molecule has 1 saturated heterocycles. The highest BCUT2D eigenvalue weighted by molar-refractivity contribution is 7.87. The number of nitrogens with zero attached hydrogens (tertiary/aromatic N) is 1. The lowest BCUT2D eigenvalue weighted by molar-refractivity contribution is -0.122. The molecule has 5 nitrogen and oxygen atoms in total. The number of halogens is 4. The van der Waals surface area contributed by atoms with E-state index in [4.69, 9.17) is 5.73 Å². The van der Waals surface area contributed by atoms with Gasteiger partial charge in [0.25, 0.3) is 10.2 Å². The third-order valence-electron chi connectivity index (χ3n) is 3.06. The number of alkyl halides is 4. The minimum atomic E-state index is -4.37. The van der Waals surface area contributed by atoms with Crippen LogP contribution in [0.15, 0.2) is 0 Å². The van der Waals surface area contributed by atoms with Crippen molar-refractivity contribution in [1.29, 1.82) is 0 Å². The third-order valence-corrected chi connectivity index (χ3v) is 4.61. The number of rotatable bonds is 6. The van der Waals surface area contributed by atoms with Crippen LogP contribution in [0.25, 0.3) is 0 Å². The molecule has 0 radical (unpaired) electrons. The summed E-state index contributed by atoms with van der Waals surface area (Å²) < 4.78 is 74.9. The van der Waals surface area contributed by atoms with Gasteiger partial charge in [-0.25, -0.2) is 8.78 Å². The first-order valence-corrected chi connectivity index (χ1v) is 7.24. The maximum Gasteiger partial charge on any atom is 0.320 e. The van der Waals surface area contributed by atoms with Crippen LogP contribution in [-0.4, -0.2) is 51.3 Å². The second-order valence-corrected chi connectivity index (χ2v) is 6.22. The van der Waals surface area contributed by atoms with E-state index >= 15 is 0 Å². The van der Waals surface area contributed by atoms with Crippen molar-refractivity contribution in [2.24, 2.45) is 11.7 Å². The van der Waals surface area contributed by atoms with Gasteiger partial charge in [0.2, 0.25) is 0 Å². The van der Waals surface area contributed by atoms with Gasteiger partial charge in [0.1, 0.15) is 0 Å². The number of nitrogens with one attached hydrogen (secondary N) is 1. The smallest absolute Gasteiger partial charge is 0.320 e. The minimum absolute atomic E-state index is 0.150. The molecule has 0 atom stereocenters. The Morgan fingerprint density at radius 2 is 1.84 bits per heavy atom. The molecular formula is C9H17F4N3O2S. The van der Waals surface area contributed by atoms with E-state index in [2.05, 4.69) is 0 Å². The van der Waals surface area contributed by atoms with Gasteiger partial charge >= 0.3 is 12.3 Å². The Balaban J connectivity index is 2.53. The largest absolute Gasteiger partial charge is 0.330 e. The zero-order valence-electron chi connectivity index (χ0n) is 10.2.